The number of carbonyl (C=O) groups excluding carboxylic acids is 2. The molecule has 3 rings (SSSR count). The van der Waals surface area contributed by atoms with E-state index in [9.17, 15) is 9.59 Å². The molecule has 29 heavy (non-hydrogen) atoms. The second-order valence-corrected chi connectivity index (χ2v) is 6.90. The Morgan fingerprint density at radius 3 is 2.00 bits per heavy atom. The van der Waals surface area contributed by atoms with Crippen molar-refractivity contribution in [1.29, 1.82) is 0 Å². The molecule has 0 aliphatic carbocycles. The maximum absolute atomic E-state index is 12.6. The summed E-state index contributed by atoms with van der Waals surface area (Å²) in [5, 5.41) is 8.75. The molecule has 1 heterocycles. The van der Waals surface area contributed by atoms with Gasteiger partial charge in [-0.2, -0.15) is 0 Å². The highest BCUT2D eigenvalue weighted by molar-refractivity contribution is 6.03. The lowest BCUT2D eigenvalue weighted by Gasteiger charge is -2.13. The van der Waals surface area contributed by atoms with Crippen LogP contribution in [0.2, 0.25) is 0 Å². The van der Waals surface area contributed by atoms with Crippen molar-refractivity contribution < 1.29 is 9.59 Å². The minimum atomic E-state index is -0.347. The number of aromatic nitrogens is 2. The molecule has 0 aliphatic heterocycles. The Morgan fingerprint density at radius 1 is 0.828 bits per heavy atom. The van der Waals surface area contributed by atoms with E-state index in [0.29, 0.717) is 17.2 Å². The summed E-state index contributed by atoms with van der Waals surface area (Å²) in [6.07, 6.45) is 1.36. The normalized spacial score (nSPS) is 10.3. The Balaban J connectivity index is 1.74. The van der Waals surface area contributed by atoms with Crippen LogP contribution >= 0.6 is 0 Å². The zero-order valence-electron chi connectivity index (χ0n) is 16.8. The van der Waals surface area contributed by atoms with Crippen molar-refractivity contribution in [3.05, 3.63) is 71.2 Å². The Hall–Kier alpha value is -3.74. The van der Waals surface area contributed by atoms with Crippen LogP contribution in [0.25, 0.3) is 0 Å². The van der Waals surface area contributed by atoms with Gasteiger partial charge in [-0.1, -0.05) is 17.7 Å². The van der Waals surface area contributed by atoms with E-state index in [1.165, 1.54) is 18.8 Å². The molecule has 0 fully saturated rings. The van der Waals surface area contributed by atoms with E-state index in [1.807, 2.05) is 13.8 Å². The first-order chi connectivity index (χ1) is 13.8. The first-order valence-corrected chi connectivity index (χ1v) is 9.18. The van der Waals surface area contributed by atoms with E-state index < -0.39 is 0 Å². The highest BCUT2D eigenvalue weighted by Crippen LogP contribution is 2.25. The lowest BCUT2D eigenvalue weighted by Crippen LogP contribution is -2.14. The molecule has 0 atom stereocenters. The predicted octanol–water partition coefficient (Wildman–Crippen LogP) is 4.36. The minimum absolute atomic E-state index is 0.151. The van der Waals surface area contributed by atoms with Crippen molar-refractivity contribution in [1.82, 2.24) is 9.97 Å². The van der Waals surface area contributed by atoms with Crippen LogP contribution in [0.4, 0.5) is 22.9 Å². The van der Waals surface area contributed by atoms with Crippen molar-refractivity contribution in [2.24, 2.45) is 0 Å². The van der Waals surface area contributed by atoms with Crippen molar-refractivity contribution in [3.8, 4) is 0 Å². The van der Waals surface area contributed by atoms with Gasteiger partial charge >= 0.3 is 0 Å². The highest BCUT2D eigenvalue weighted by atomic mass is 16.2. The van der Waals surface area contributed by atoms with Gasteiger partial charge in [0.1, 0.15) is 17.8 Å². The summed E-state index contributed by atoms with van der Waals surface area (Å²) in [6, 6.07) is 12.6. The summed E-state index contributed by atoms with van der Waals surface area (Å²) in [5.74, 6) is 0.0446. The van der Waals surface area contributed by atoms with E-state index in [2.05, 4.69) is 45.0 Å². The maximum Gasteiger partial charge on any atom is 0.274 e. The number of rotatable bonds is 5. The molecule has 0 unspecified atom stereocenters. The van der Waals surface area contributed by atoms with Crippen molar-refractivity contribution in [2.75, 3.05) is 16.0 Å². The second-order valence-electron chi connectivity index (χ2n) is 6.90. The maximum atomic E-state index is 12.6. The molecule has 148 valence electrons. The third-order valence-corrected chi connectivity index (χ3v) is 4.29. The van der Waals surface area contributed by atoms with Gasteiger partial charge in [-0.15, -0.1) is 0 Å². The largest absolute Gasteiger partial charge is 0.340 e. The summed E-state index contributed by atoms with van der Waals surface area (Å²) in [5.41, 5.74) is 5.87. The van der Waals surface area contributed by atoms with Gasteiger partial charge in [-0.25, -0.2) is 9.97 Å². The number of aryl methyl sites for hydroxylation is 3. The van der Waals surface area contributed by atoms with Crippen LogP contribution in [-0.4, -0.2) is 21.8 Å². The lowest BCUT2D eigenvalue weighted by atomic mass is 10.1. The van der Waals surface area contributed by atoms with Crippen LogP contribution in [0.15, 0.2) is 48.8 Å². The van der Waals surface area contributed by atoms with Gasteiger partial charge in [0, 0.05) is 30.1 Å². The van der Waals surface area contributed by atoms with Crippen LogP contribution in [-0.2, 0) is 4.79 Å². The molecular weight excluding hydrogens is 366 g/mol. The van der Waals surface area contributed by atoms with E-state index in [4.69, 9.17) is 0 Å². The monoisotopic (exact) mass is 389 g/mol. The van der Waals surface area contributed by atoms with Gasteiger partial charge < -0.3 is 16.0 Å². The molecule has 0 bridgehead atoms. The molecule has 0 aliphatic rings. The summed E-state index contributed by atoms with van der Waals surface area (Å²) in [4.78, 5) is 31.9. The van der Waals surface area contributed by atoms with Crippen LogP contribution in [0.3, 0.4) is 0 Å². The Labute approximate surface area is 169 Å². The van der Waals surface area contributed by atoms with Crippen LogP contribution in [0.1, 0.15) is 34.1 Å². The number of amides is 2. The minimum Gasteiger partial charge on any atom is -0.340 e. The molecule has 3 aromatic rings. The SMILES string of the molecule is CC(=O)Nc1ccc(NC(=O)c2cc(Nc3c(C)cc(C)cc3C)ncn2)cc1. The average Bonchev–Trinajstić information content (AvgIpc) is 2.66. The van der Waals surface area contributed by atoms with Crippen molar-refractivity contribution in [2.45, 2.75) is 27.7 Å². The summed E-state index contributed by atoms with van der Waals surface area (Å²) < 4.78 is 0. The summed E-state index contributed by atoms with van der Waals surface area (Å²) >= 11 is 0. The smallest absolute Gasteiger partial charge is 0.274 e. The molecule has 7 nitrogen and oxygen atoms in total. The Morgan fingerprint density at radius 2 is 1.41 bits per heavy atom. The molecule has 1 aromatic heterocycles. The van der Waals surface area contributed by atoms with Gasteiger partial charge in [0.15, 0.2) is 0 Å². The van der Waals surface area contributed by atoms with Crippen LogP contribution in [0, 0.1) is 20.8 Å². The molecule has 0 saturated heterocycles. The van der Waals surface area contributed by atoms with Crippen LogP contribution < -0.4 is 16.0 Å². The zero-order chi connectivity index (χ0) is 21.0. The Bertz CT molecular complexity index is 1040. The fourth-order valence-electron chi connectivity index (χ4n) is 3.09. The van der Waals surface area contributed by atoms with Gasteiger partial charge in [-0.05, 0) is 56.2 Å². The zero-order valence-corrected chi connectivity index (χ0v) is 16.8. The number of benzene rings is 2. The molecular formula is C22H23N5O2. The van der Waals surface area contributed by atoms with Gasteiger partial charge in [0.2, 0.25) is 5.91 Å². The second kappa shape index (κ2) is 8.52. The molecule has 2 amide bonds. The number of nitrogens with one attached hydrogen (secondary N) is 3. The topological polar surface area (TPSA) is 96.0 Å². The molecule has 0 spiro atoms. The Kier molecular flexibility index (Phi) is 5.87. The van der Waals surface area contributed by atoms with Crippen LogP contribution in [0.5, 0.6) is 0 Å². The van der Waals surface area contributed by atoms with Crippen molar-refractivity contribution >= 4 is 34.7 Å². The fraction of sp³-hybridized carbons (Fsp3) is 0.182. The first-order valence-electron chi connectivity index (χ1n) is 9.18. The van der Waals surface area contributed by atoms with Gasteiger partial charge in [0.25, 0.3) is 5.91 Å². The third-order valence-electron chi connectivity index (χ3n) is 4.29. The number of nitrogens with zero attached hydrogens (tertiary/aromatic N) is 2. The molecule has 7 heteroatoms. The third kappa shape index (κ3) is 5.16. The molecule has 0 radical (unpaired) electrons. The van der Waals surface area contributed by atoms with E-state index in [-0.39, 0.29) is 17.5 Å². The van der Waals surface area contributed by atoms with E-state index in [1.54, 1.807) is 30.3 Å². The van der Waals surface area contributed by atoms with Crippen molar-refractivity contribution in [3.63, 3.8) is 0 Å². The number of anilines is 4. The van der Waals surface area contributed by atoms with E-state index >= 15 is 0 Å². The summed E-state index contributed by atoms with van der Waals surface area (Å²) in [6.45, 7) is 7.55. The molecule has 2 aromatic carbocycles. The van der Waals surface area contributed by atoms with Gasteiger partial charge in [-0.3, -0.25) is 9.59 Å². The number of hydrogen-bond acceptors (Lipinski definition) is 5. The van der Waals surface area contributed by atoms with E-state index in [0.717, 1.165) is 16.8 Å². The molecule has 3 N–H and O–H groups in total. The lowest BCUT2D eigenvalue weighted by molar-refractivity contribution is -0.114. The number of hydrogen-bond donors (Lipinski definition) is 3. The number of carbonyl (C=O) groups is 2. The average molecular weight is 389 g/mol. The predicted molar refractivity (Wildman–Crippen MR) is 115 cm³/mol. The standard InChI is InChI=1S/C22H23N5O2/c1-13-9-14(2)21(15(3)10-13)27-20-11-19(23-12-24-20)22(29)26-18-7-5-17(6-8-18)25-16(4)28/h5-12H,1-4H3,(H,25,28)(H,26,29)(H,23,24,27). The quantitative estimate of drug-likeness (QED) is 0.603. The highest BCUT2D eigenvalue weighted by Gasteiger charge is 2.11. The first kappa shape index (κ1) is 20.0. The van der Waals surface area contributed by atoms with Gasteiger partial charge in [0.05, 0.1) is 0 Å². The summed E-state index contributed by atoms with van der Waals surface area (Å²) in [7, 11) is 0. The fourth-order valence-corrected chi connectivity index (χ4v) is 3.09. The molecule has 0 saturated carbocycles.